The van der Waals surface area contributed by atoms with E-state index in [1.54, 1.807) is 0 Å². The number of aryl methyl sites for hydroxylation is 1. The van der Waals surface area contributed by atoms with Crippen LogP contribution >= 0.6 is 0 Å². The molecule has 0 bridgehead atoms. The van der Waals surface area contributed by atoms with E-state index in [0.717, 1.165) is 12.2 Å². The van der Waals surface area contributed by atoms with Crippen LogP contribution in [0.5, 0.6) is 0 Å². The van der Waals surface area contributed by atoms with E-state index in [-0.39, 0.29) is 35.5 Å². The van der Waals surface area contributed by atoms with Crippen molar-refractivity contribution in [1.82, 2.24) is 4.57 Å². The zero-order valence-electron chi connectivity index (χ0n) is 6.99. The Morgan fingerprint density at radius 3 is 3.08 bits per heavy atom. The predicted molar refractivity (Wildman–Crippen MR) is 36.8 cm³/mol. The fraction of sp³-hybridized carbons (Fsp3) is 0.375. The van der Waals surface area contributed by atoms with E-state index in [1.165, 1.54) is 0 Å². The Bertz CT molecular complexity index is 295. The van der Waals surface area contributed by atoms with Crippen LogP contribution in [0.3, 0.4) is 0 Å². The first kappa shape index (κ1) is 9.84. The van der Waals surface area contributed by atoms with Crippen LogP contribution in [0.1, 0.15) is 18.0 Å². The van der Waals surface area contributed by atoms with E-state index in [0.29, 0.717) is 6.42 Å². The zero-order valence-corrected chi connectivity index (χ0v) is 8.99. The van der Waals surface area contributed by atoms with Crippen molar-refractivity contribution >= 4 is 5.97 Å². The van der Waals surface area contributed by atoms with Gasteiger partial charge in [-0.3, -0.25) is 0 Å². The molecule has 3 nitrogen and oxygen atoms in total. The molecule has 2 heterocycles. The molecular formula is C8H8NNaO2. The van der Waals surface area contributed by atoms with Gasteiger partial charge in [-0.15, -0.1) is 0 Å². The van der Waals surface area contributed by atoms with Gasteiger partial charge < -0.3 is 14.5 Å². The number of fused-ring (bicyclic) bond motifs is 1. The zero-order chi connectivity index (χ0) is 7.84. The van der Waals surface area contributed by atoms with Crippen molar-refractivity contribution in [2.24, 2.45) is 0 Å². The van der Waals surface area contributed by atoms with Crippen LogP contribution in [0.25, 0.3) is 0 Å². The number of carbonyl (C=O) groups is 1. The molecule has 2 rings (SSSR count). The van der Waals surface area contributed by atoms with Crippen LogP contribution in [0.2, 0.25) is 0 Å². The van der Waals surface area contributed by atoms with Crippen molar-refractivity contribution in [1.29, 1.82) is 0 Å². The summed E-state index contributed by atoms with van der Waals surface area (Å²) >= 11 is 0. The molecule has 0 aliphatic carbocycles. The van der Waals surface area contributed by atoms with Crippen LogP contribution < -0.4 is 34.7 Å². The largest absolute Gasteiger partial charge is 1.00 e. The molecule has 1 atom stereocenters. The number of hydrogen-bond acceptors (Lipinski definition) is 2. The Morgan fingerprint density at radius 1 is 1.67 bits per heavy atom. The third-order valence-corrected chi connectivity index (χ3v) is 2.16. The second kappa shape index (κ2) is 3.64. The summed E-state index contributed by atoms with van der Waals surface area (Å²) in [5, 5.41) is 10.5. The molecule has 0 N–H and O–H groups in total. The number of hydrogen-bond donors (Lipinski definition) is 0. The maximum atomic E-state index is 10.5. The van der Waals surface area contributed by atoms with Gasteiger partial charge in [0.25, 0.3) is 0 Å². The van der Waals surface area contributed by atoms with E-state index in [4.69, 9.17) is 0 Å². The summed E-state index contributed by atoms with van der Waals surface area (Å²) in [5.41, 5.74) is 0.880. The summed E-state index contributed by atoms with van der Waals surface area (Å²) in [6.07, 6.45) is 2.58. The average molecular weight is 173 g/mol. The summed E-state index contributed by atoms with van der Waals surface area (Å²) in [6.45, 7) is 0.807. The molecule has 0 radical (unpaired) electrons. The van der Waals surface area contributed by atoms with Gasteiger partial charge in [-0.1, -0.05) is 0 Å². The van der Waals surface area contributed by atoms with E-state index >= 15 is 0 Å². The molecule has 4 heteroatoms. The number of aromatic nitrogens is 1. The second-order valence-electron chi connectivity index (χ2n) is 2.79. The molecule has 1 aromatic heterocycles. The number of aliphatic carboxylic acids is 1. The topological polar surface area (TPSA) is 45.1 Å². The number of carbonyl (C=O) groups excluding carboxylic acids is 1. The van der Waals surface area contributed by atoms with E-state index in [2.05, 4.69) is 0 Å². The summed E-state index contributed by atoms with van der Waals surface area (Å²) in [6, 6.07) is 3.71. The molecule has 0 saturated carbocycles. The van der Waals surface area contributed by atoms with Gasteiger partial charge in [0.05, 0.1) is 5.97 Å². The quantitative estimate of drug-likeness (QED) is 0.418. The molecule has 1 aliphatic rings. The summed E-state index contributed by atoms with van der Waals surface area (Å²) < 4.78 is 1.96. The van der Waals surface area contributed by atoms with Crippen molar-refractivity contribution in [3.8, 4) is 0 Å². The van der Waals surface area contributed by atoms with Crippen LogP contribution in [0, 0.1) is 0 Å². The number of carboxylic acid groups (broad SMARTS) is 1. The third-order valence-electron chi connectivity index (χ3n) is 2.16. The van der Waals surface area contributed by atoms with Gasteiger partial charge in [-0.05, 0) is 18.6 Å². The SMILES string of the molecule is O=C([O-])C1CCn2cccc21.[Na+]. The minimum Gasteiger partial charge on any atom is -0.549 e. The number of nitrogens with zero attached hydrogens (tertiary/aromatic N) is 1. The molecule has 58 valence electrons. The average Bonchev–Trinajstić information content (AvgIpc) is 2.41. The first-order valence-corrected chi connectivity index (χ1v) is 3.65. The number of rotatable bonds is 1. The van der Waals surface area contributed by atoms with Gasteiger partial charge in [0.2, 0.25) is 0 Å². The Morgan fingerprint density at radius 2 is 2.42 bits per heavy atom. The van der Waals surface area contributed by atoms with Crippen LogP contribution in [0.15, 0.2) is 18.3 Å². The molecular weight excluding hydrogens is 165 g/mol. The van der Waals surface area contributed by atoms with Crippen molar-refractivity contribution < 1.29 is 39.5 Å². The molecule has 0 fully saturated rings. The summed E-state index contributed by atoms with van der Waals surface area (Å²) in [7, 11) is 0. The summed E-state index contributed by atoms with van der Waals surface area (Å²) in [5.74, 6) is -1.34. The molecule has 1 aliphatic heterocycles. The molecule has 0 saturated heterocycles. The van der Waals surface area contributed by atoms with E-state index < -0.39 is 5.97 Å². The van der Waals surface area contributed by atoms with Crippen molar-refractivity contribution in [2.45, 2.75) is 18.9 Å². The van der Waals surface area contributed by atoms with Crippen molar-refractivity contribution in [3.63, 3.8) is 0 Å². The fourth-order valence-electron chi connectivity index (χ4n) is 1.60. The standard InChI is InChI=1S/C8H9NO2.Na/c10-8(11)6-3-5-9-4-1-2-7(6)9;/h1-2,4,6H,3,5H2,(H,10,11);/q;+1/p-1. The minimum absolute atomic E-state index is 0. The smallest absolute Gasteiger partial charge is 0.549 e. The molecule has 1 unspecified atom stereocenters. The maximum absolute atomic E-state index is 10.5. The van der Waals surface area contributed by atoms with Gasteiger partial charge in [0.1, 0.15) is 0 Å². The first-order valence-electron chi connectivity index (χ1n) is 3.65. The number of carboxylic acids is 1. The Kier molecular flexibility index (Phi) is 2.99. The molecule has 0 aromatic carbocycles. The van der Waals surface area contributed by atoms with Crippen molar-refractivity contribution in [2.75, 3.05) is 0 Å². The normalized spacial score (nSPS) is 19.8. The predicted octanol–water partition coefficient (Wildman–Crippen LogP) is -3.27. The maximum Gasteiger partial charge on any atom is 1.00 e. The monoisotopic (exact) mass is 173 g/mol. The van der Waals surface area contributed by atoms with Crippen LogP contribution in [0.4, 0.5) is 0 Å². The van der Waals surface area contributed by atoms with E-state index in [9.17, 15) is 9.90 Å². The van der Waals surface area contributed by atoms with Gasteiger partial charge in [0.15, 0.2) is 0 Å². The fourth-order valence-corrected chi connectivity index (χ4v) is 1.60. The molecule has 12 heavy (non-hydrogen) atoms. The second-order valence-corrected chi connectivity index (χ2v) is 2.79. The minimum atomic E-state index is -0.956. The summed E-state index contributed by atoms with van der Waals surface area (Å²) in [4.78, 5) is 10.5. The molecule has 1 aromatic rings. The Balaban J connectivity index is 0.000000720. The van der Waals surface area contributed by atoms with Gasteiger partial charge in [-0.25, -0.2) is 0 Å². The molecule has 0 spiro atoms. The van der Waals surface area contributed by atoms with E-state index in [1.807, 2.05) is 22.9 Å². The van der Waals surface area contributed by atoms with Gasteiger partial charge >= 0.3 is 29.6 Å². The first-order chi connectivity index (χ1) is 5.29. The third kappa shape index (κ3) is 1.44. The van der Waals surface area contributed by atoms with Gasteiger partial charge in [0, 0.05) is 24.4 Å². The van der Waals surface area contributed by atoms with Gasteiger partial charge in [-0.2, -0.15) is 0 Å². The van der Waals surface area contributed by atoms with Crippen LogP contribution in [-0.2, 0) is 11.3 Å². The van der Waals surface area contributed by atoms with Crippen LogP contribution in [-0.4, -0.2) is 10.5 Å². The Labute approximate surface area is 92.7 Å². The Hall–Kier alpha value is -0.250. The van der Waals surface area contributed by atoms with Crippen molar-refractivity contribution in [3.05, 3.63) is 24.0 Å². The molecule has 0 amide bonds.